The summed E-state index contributed by atoms with van der Waals surface area (Å²) in [6, 6.07) is 0. The fourth-order valence-electron chi connectivity index (χ4n) is 1.65. The molecule has 0 aliphatic carbocycles. The molecule has 4 nitrogen and oxygen atoms in total. The van der Waals surface area contributed by atoms with Gasteiger partial charge in [-0.3, -0.25) is 4.79 Å². The maximum atomic E-state index is 11.9. The lowest BCUT2D eigenvalue weighted by Gasteiger charge is -2.35. The maximum Gasteiger partial charge on any atom is 0.229 e. The lowest BCUT2D eigenvalue weighted by Crippen LogP contribution is -2.49. The highest BCUT2D eigenvalue weighted by Gasteiger charge is 2.32. The summed E-state index contributed by atoms with van der Waals surface area (Å²) in [4.78, 5) is 13.7. The molecule has 0 spiro atoms. The van der Waals surface area contributed by atoms with Crippen molar-refractivity contribution in [1.82, 2.24) is 4.90 Å². The number of carbonyl (C=O) groups excluding carboxylic acids is 1. The van der Waals surface area contributed by atoms with Crippen LogP contribution in [0.4, 0.5) is 0 Å². The molecular formula is C10H20N2O2. The number of carbonyl (C=O) groups is 1. The molecule has 0 bridgehead atoms. The normalized spacial score (nSPS) is 23.7. The summed E-state index contributed by atoms with van der Waals surface area (Å²) >= 11 is 0. The molecular weight excluding hydrogens is 180 g/mol. The largest absolute Gasteiger partial charge is 0.391 e. The third kappa shape index (κ3) is 2.45. The van der Waals surface area contributed by atoms with E-state index >= 15 is 0 Å². The van der Waals surface area contributed by atoms with Crippen molar-refractivity contribution in [2.75, 3.05) is 19.6 Å². The molecule has 1 amide bonds. The van der Waals surface area contributed by atoms with Crippen molar-refractivity contribution in [3.8, 4) is 0 Å². The molecule has 1 aliphatic rings. The first-order valence-electron chi connectivity index (χ1n) is 5.15. The lowest BCUT2D eigenvalue weighted by molar-refractivity contribution is -0.142. The van der Waals surface area contributed by atoms with Crippen LogP contribution in [0, 0.1) is 5.41 Å². The number of amides is 1. The molecule has 1 atom stereocenters. The van der Waals surface area contributed by atoms with Crippen molar-refractivity contribution in [1.29, 1.82) is 0 Å². The Hall–Kier alpha value is -0.610. The zero-order valence-corrected chi connectivity index (χ0v) is 8.99. The van der Waals surface area contributed by atoms with E-state index in [1.807, 2.05) is 13.8 Å². The molecule has 1 aliphatic heterocycles. The lowest BCUT2D eigenvalue weighted by atomic mass is 9.91. The van der Waals surface area contributed by atoms with Gasteiger partial charge in [0.1, 0.15) is 0 Å². The van der Waals surface area contributed by atoms with E-state index in [0.717, 1.165) is 19.4 Å². The average Bonchev–Trinajstić information content (AvgIpc) is 2.16. The fraction of sp³-hybridized carbons (Fsp3) is 0.900. The Morgan fingerprint density at radius 1 is 1.64 bits per heavy atom. The number of nitrogens with zero attached hydrogens (tertiary/aromatic N) is 1. The summed E-state index contributed by atoms with van der Waals surface area (Å²) in [6.45, 7) is 5.24. The first-order valence-corrected chi connectivity index (χ1v) is 5.15. The van der Waals surface area contributed by atoms with Crippen molar-refractivity contribution in [3.63, 3.8) is 0 Å². The van der Waals surface area contributed by atoms with Crippen molar-refractivity contribution < 1.29 is 9.90 Å². The predicted molar refractivity (Wildman–Crippen MR) is 54.7 cm³/mol. The number of aliphatic hydroxyl groups excluding tert-OH is 1. The minimum Gasteiger partial charge on any atom is -0.391 e. The molecule has 0 unspecified atom stereocenters. The van der Waals surface area contributed by atoms with Gasteiger partial charge in [-0.05, 0) is 26.7 Å². The Bertz CT molecular complexity index is 216. The minimum absolute atomic E-state index is 0.0544. The van der Waals surface area contributed by atoms with Crippen molar-refractivity contribution in [2.45, 2.75) is 32.8 Å². The van der Waals surface area contributed by atoms with Crippen LogP contribution in [0.2, 0.25) is 0 Å². The molecule has 0 saturated carbocycles. The second-order valence-electron chi connectivity index (χ2n) is 4.64. The first-order chi connectivity index (χ1) is 6.47. The second-order valence-corrected chi connectivity index (χ2v) is 4.64. The third-order valence-corrected chi connectivity index (χ3v) is 2.77. The number of β-amino-alcohol motifs (C(OH)–C–C–N with tert-alkyl or cyclic N) is 1. The van der Waals surface area contributed by atoms with Gasteiger partial charge in [-0.15, -0.1) is 0 Å². The van der Waals surface area contributed by atoms with Crippen molar-refractivity contribution >= 4 is 5.91 Å². The fourth-order valence-corrected chi connectivity index (χ4v) is 1.65. The zero-order chi connectivity index (χ0) is 10.8. The van der Waals surface area contributed by atoms with E-state index in [1.165, 1.54) is 0 Å². The van der Waals surface area contributed by atoms with Gasteiger partial charge in [-0.2, -0.15) is 0 Å². The maximum absolute atomic E-state index is 11.9. The van der Waals surface area contributed by atoms with Crippen molar-refractivity contribution in [3.05, 3.63) is 0 Å². The van der Waals surface area contributed by atoms with Gasteiger partial charge in [0, 0.05) is 19.6 Å². The van der Waals surface area contributed by atoms with Crippen LogP contribution in [0.5, 0.6) is 0 Å². The average molecular weight is 200 g/mol. The molecule has 1 saturated heterocycles. The number of hydrogen-bond donors (Lipinski definition) is 2. The number of aliphatic hydroxyl groups is 1. The van der Waals surface area contributed by atoms with Gasteiger partial charge in [-0.25, -0.2) is 0 Å². The van der Waals surface area contributed by atoms with E-state index in [-0.39, 0.29) is 12.0 Å². The highest BCUT2D eigenvalue weighted by atomic mass is 16.3. The number of piperidine rings is 1. The Morgan fingerprint density at radius 2 is 2.29 bits per heavy atom. The molecule has 3 N–H and O–H groups in total. The third-order valence-electron chi connectivity index (χ3n) is 2.77. The van der Waals surface area contributed by atoms with Gasteiger partial charge in [-0.1, -0.05) is 0 Å². The number of hydrogen-bond acceptors (Lipinski definition) is 3. The monoisotopic (exact) mass is 200 g/mol. The van der Waals surface area contributed by atoms with Crippen LogP contribution in [-0.4, -0.2) is 41.7 Å². The summed E-state index contributed by atoms with van der Waals surface area (Å²) in [5.74, 6) is 0.0544. The van der Waals surface area contributed by atoms with Gasteiger partial charge >= 0.3 is 0 Å². The molecule has 82 valence electrons. The van der Waals surface area contributed by atoms with E-state index in [4.69, 9.17) is 5.73 Å². The molecule has 0 aromatic rings. The molecule has 4 heteroatoms. The predicted octanol–water partition coefficient (Wildman–Crippen LogP) is -0.0454. The van der Waals surface area contributed by atoms with Gasteiger partial charge in [0.05, 0.1) is 11.5 Å². The molecule has 1 fully saturated rings. The van der Waals surface area contributed by atoms with E-state index in [0.29, 0.717) is 13.1 Å². The molecule has 1 heterocycles. The van der Waals surface area contributed by atoms with E-state index in [2.05, 4.69) is 0 Å². The van der Waals surface area contributed by atoms with E-state index in [9.17, 15) is 9.90 Å². The molecule has 14 heavy (non-hydrogen) atoms. The molecule has 0 radical (unpaired) electrons. The highest BCUT2D eigenvalue weighted by Crippen LogP contribution is 2.20. The van der Waals surface area contributed by atoms with Crippen molar-refractivity contribution in [2.24, 2.45) is 11.1 Å². The zero-order valence-electron chi connectivity index (χ0n) is 8.99. The summed E-state index contributed by atoms with van der Waals surface area (Å²) in [7, 11) is 0. The summed E-state index contributed by atoms with van der Waals surface area (Å²) in [5, 5.41) is 9.44. The van der Waals surface area contributed by atoms with E-state index < -0.39 is 5.41 Å². The van der Waals surface area contributed by atoms with Gasteiger partial charge in [0.15, 0.2) is 0 Å². The minimum atomic E-state index is -0.503. The van der Waals surface area contributed by atoms with Crippen LogP contribution in [0.1, 0.15) is 26.7 Å². The standard InChI is InChI=1S/C10H20N2O2/c1-10(2,7-11)9(14)12-5-3-4-8(13)6-12/h8,13H,3-7,11H2,1-2H3/t8-/m0/s1. The van der Waals surface area contributed by atoms with Crippen LogP contribution in [0.3, 0.4) is 0 Å². The Kier molecular flexibility index (Phi) is 3.50. The Balaban J connectivity index is 2.60. The summed E-state index contributed by atoms with van der Waals surface area (Å²) in [5.41, 5.74) is 5.04. The summed E-state index contributed by atoms with van der Waals surface area (Å²) < 4.78 is 0. The van der Waals surface area contributed by atoms with Crippen LogP contribution < -0.4 is 5.73 Å². The van der Waals surface area contributed by atoms with Crippen LogP contribution in [0.15, 0.2) is 0 Å². The van der Waals surface area contributed by atoms with Gasteiger partial charge in [0.2, 0.25) is 5.91 Å². The highest BCUT2D eigenvalue weighted by molar-refractivity contribution is 5.82. The van der Waals surface area contributed by atoms with Gasteiger partial charge in [0.25, 0.3) is 0 Å². The Labute approximate surface area is 85.1 Å². The molecule has 1 rings (SSSR count). The summed E-state index contributed by atoms with van der Waals surface area (Å²) in [6.07, 6.45) is 1.32. The van der Waals surface area contributed by atoms with Crippen LogP contribution >= 0.6 is 0 Å². The SMILES string of the molecule is CC(C)(CN)C(=O)N1CCC[C@H](O)C1. The Morgan fingerprint density at radius 3 is 2.79 bits per heavy atom. The number of likely N-dealkylation sites (tertiary alicyclic amines) is 1. The van der Waals surface area contributed by atoms with E-state index in [1.54, 1.807) is 4.90 Å². The quantitative estimate of drug-likeness (QED) is 0.657. The number of rotatable bonds is 2. The molecule has 0 aromatic carbocycles. The first kappa shape index (κ1) is 11.5. The van der Waals surface area contributed by atoms with Gasteiger partial charge < -0.3 is 15.7 Å². The molecule has 0 aromatic heterocycles. The van der Waals surface area contributed by atoms with Crippen LogP contribution in [-0.2, 0) is 4.79 Å². The smallest absolute Gasteiger partial charge is 0.229 e. The topological polar surface area (TPSA) is 66.6 Å². The number of nitrogens with two attached hydrogens (primary N) is 1. The van der Waals surface area contributed by atoms with Crippen LogP contribution in [0.25, 0.3) is 0 Å². The second kappa shape index (κ2) is 4.28.